The Bertz CT molecular complexity index is 1260. The number of amidine groups is 1. The zero-order valence-electron chi connectivity index (χ0n) is 21.8. The smallest absolute Gasteiger partial charge is 0.225 e. The molecule has 3 aliphatic heterocycles. The van der Waals surface area contributed by atoms with E-state index in [1.54, 1.807) is 11.0 Å². The van der Waals surface area contributed by atoms with Crippen LogP contribution < -0.4 is 5.01 Å². The molecule has 5 aliphatic rings. The first-order valence-corrected chi connectivity index (χ1v) is 16.3. The standard InChI is InChI=1S/C28H36ClN5O3S/c29-24-15-23(6-5-21(24)19-30)34-25(20-3-1-2-4-20)16-26(31-34)32-9-7-28(8-10-32)17-22(18-28)27(35)33-11-13-38(36,37)14-12-33/h5-6,15,20,22,25H,1-4,7-14,16-18H2. The molecule has 1 spiro atoms. The van der Waals surface area contributed by atoms with Crippen molar-refractivity contribution in [2.45, 2.75) is 63.8 Å². The van der Waals surface area contributed by atoms with Crippen LogP contribution in [0.5, 0.6) is 0 Å². The SMILES string of the molecule is N#Cc1ccc(N2N=C(N3CCC4(CC3)CC(C(=O)N3CCS(=O)(=O)CC3)C4)CC2C2CCCC2)cc1Cl. The van der Waals surface area contributed by atoms with E-state index >= 15 is 0 Å². The third-order valence-electron chi connectivity index (χ3n) is 9.76. The highest BCUT2D eigenvalue weighted by Crippen LogP contribution is 2.53. The number of hydrazone groups is 1. The van der Waals surface area contributed by atoms with Gasteiger partial charge in [-0.15, -0.1) is 0 Å². The van der Waals surface area contributed by atoms with Gasteiger partial charge in [-0.2, -0.15) is 10.4 Å². The fourth-order valence-electron chi connectivity index (χ4n) is 7.40. The Labute approximate surface area is 230 Å². The molecule has 0 bridgehead atoms. The lowest BCUT2D eigenvalue weighted by atomic mass is 9.57. The number of amides is 1. The summed E-state index contributed by atoms with van der Waals surface area (Å²) >= 11 is 6.39. The minimum Gasteiger partial charge on any atom is -0.359 e. The van der Waals surface area contributed by atoms with Gasteiger partial charge in [0, 0.05) is 38.5 Å². The molecular weight excluding hydrogens is 522 g/mol. The molecule has 1 aromatic carbocycles. The van der Waals surface area contributed by atoms with Crippen molar-refractivity contribution >= 4 is 38.9 Å². The molecule has 3 heterocycles. The third-order valence-corrected chi connectivity index (χ3v) is 11.7. The number of halogens is 1. The van der Waals surface area contributed by atoms with Gasteiger partial charge in [-0.3, -0.25) is 9.80 Å². The van der Waals surface area contributed by atoms with Crippen molar-refractivity contribution in [1.29, 1.82) is 5.26 Å². The molecule has 1 aromatic rings. The average Bonchev–Trinajstić information content (AvgIpc) is 3.57. The molecule has 2 saturated carbocycles. The maximum atomic E-state index is 13.0. The summed E-state index contributed by atoms with van der Waals surface area (Å²) in [7, 11) is -2.98. The summed E-state index contributed by atoms with van der Waals surface area (Å²) in [6.45, 7) is 2.62. The van der Waals surface area contributed by atoms with E-state index in [9.17, 15) is 18.5 Å². The fourth-order valence-corrected chi connectivity index (χ4v) is 8.82. The van der Waals surface area contributed by atoms with E-state index in [1.807, 2.05) is 12.1 Å². The highest BCUT2D eigenvalue weighted by atomic mass is 35.5. The van der Waals surface area contributed by atoms with Crippen LogP contribution in [0.1, 0.15) is 63.4 Å². The van der Waals surface area contributed by atoms with Crippen LogP contribution >= 0.6 is 11.6 Å². The fraction of sp³-hybridized carbons (Fsp3) is 0.679. The number of hydrogen-bond donors (Lipinski definition) is 0. The van der Waals surface area contributed by atoms with Crippen molar-refractivity contribution in [3.05, 3.63) is 28.8 Å². The number of benzene rings is 1. The van der Waals surface area contributed by atoms with Crippen molar-refractivity contribution < 1.29 is 13.2 Å². The van der Waals surface area contributed by atoms with Gasteiger partial charge in [0.1, 0.15) is 11.9 Å². The summed E-state index contributed by atoms with van der Waals surface area (Å²) in [5, 5.41) is 17.1. The predicted molar refractivity (Wildman–Crippen MR) is 148 cm³/mol. The quantitative estimate of drug-likeness (QED) is 0.556. The van der Waals surface area contributed by atoms with Crippen LogP contribution in [0, 0.1) is 28.6 Å². The second-order valence-corrected chi connectivity index (χ2v) is 14.7. The van der Waals surface area contributed by atoms with Crippen LogP contribution in [-0.2, 0) is 14.6 Å². The Kier molecular flexibility index (Phi) is 6.84. The van der Waals surface area contributed by atoms with E-state index < -0.39 is 9.84 Å². The number of likely N-dealkylation sites (tertiary alicyclic amines) is 1. The number of hydrogen-bond acceptors (Lipinski definition) is 7. The summed E-state index contributed by atoms with van der Waals surface area (Å²) in [5.41, 5.74) is 1.68. The number of piperidine rings is 1. The number of nitriles is 1. The van der Waals surface area contributed by atoms with Crippen molar-refractivity contribution in [3.63, 3.8) is 0 Å². The molecule has 1 unspecified atom stereocenters. The van der Waals surface area contributed by atoms with Crippen LogP contribution in [0.25, 0.3) is 0 Å². The molecule has 0 radical (unpaired) electrons. The minimum absolute atomic E-state index is 0.0505. The summed E-state index contributed by atoms with van der Waals surface area (Å²) in [6.07, 6.45) is 9.95. The average molecular weight is 558 g/mol. The van der Waals surface area contributed by atoms with Gasteiger partial charge in [0.2, 0.25) is 5.91 Å². The van der Waals surface area contributed by atoms with E-state index in [1.165, 1.54) is 25.7 Å². The Hall–Kier alpha value is -2.31. The van der Waals surface area contributed by atoms with Gasteiger partial charge in [-0.1, -0.05) is 24.4 Å². The first kappa shape index (κ1) is 25.9. The van der Waals surface area contributed by atoms with E-state index in [4.69, 9.17) is 16.7 Å². The summed E-state index contributed by atoms with van der Waals surface area (Å²) < 4.78 is 23.4. The number of anilines is 1. The molecule has 10 heteroatoms. The molecule has 38 heavy (non-hydrogen) atoms. The molecule has 2 aliphatic carbocycles. The van der Waals surface area contributed by atoms with Crippen molar-refractivity contribution in [2.24, 2.45) is 22.4 Å². The minimum atomic E-state index is -2.98. The van der Waals surface area contributed by atoms with E-state index in [0.29, 0.717) is 35.6 Å². The van der Waals surface area contributed by atoms with Crippen LogP contribution in [0.3, 0.4) is 0 Å². The molecule has 2 saturated heterocycles. The maximum absolute atomic E-state index is 13.0. The van der Waals surface area contributed by atoms with Crippen LogP contribution in [0.15, 0.2) is 23.3 Å². The van der Waals surface area contributed by atoms with Gasteiger partial charge in [-0.25, -0.2) is 8.42 Å². The monoisotopic (exact) mass is 557 g/mol. The second kappa shape index (κ2) is 10.0. The number of nitrogens with zero attached hydrogens (tertiary/aromatic N) is 5. The van der Waals surface area contributed by atoms with Crippen LogP contribution in [-0.4, -0.2) is 73.7 Å². The normalized spacial score (nSPS) is 27.3. The maximum Gasteiger partial charge on any atom is 0.225 e. The molecule has 1 atom stereocenters. The van der Waals surface area contributed by atoms with Gasteiger partial charge in [0.05, 0.1) is 33.8 Å². The Morgan fingerprint density at radius 3 is 2.39 bits per heavy atom. The van der Waals surface area contributed by atoms with Crippen LogP contribution in [0.2, 0.25) is 5.02 Å². The molecule has 0 N–H and O–H groups in total. The van der Waals surface area contributed by atoms with Crippen molar-refractivity contribution in [3.8, 4) is 6.07 Å². The van der Waals surface area contributed by atoms with Crippen LogP contribution in [0.4, 0.5) is 5.69 Å². The molecular formula is C28H36ClN5O3S. The molecule has 4 fully saturated rings. The van der Waals surface area contributed by atoms with Gasteiger partial charge >= 0.3 is 0 Å². The summed E-state index contributed by atoms with van der Waals surface area (Å²) in [5.74, 6) is 2.17. The summed E-state index contributed by atoms with van der Waals surface area (Å²) in [6, 6.07) is 8.11. The van der Waals surface area contributed by atoms with Gasteiger partial charge in [0.25, 0.3) is 0 Å². The van der Waals surface area contributed by atoms with Gasteiger partial charge in [0.15, 0.2) is 9.84 Å². The third kappa shape index (κ3) is 4.90. The molecule has 0 aromatic heterocycles. The Morgan fingerprint density at radius 2 is 1.76 bits per heavy atom. The van der Waals surface area contributed by atoms with Gasteiger partial charge < -0.3 is 9.80 Å². The zero-order chi connectivity index (χ0) is 26.5. The highest BCUT2D eigenvalue weighted by Gasteiger charge is 2.50. The number of carbonyl (C=O) groups excluding carboxylic acids is 1. The topological polar surface area (TPSA) is 97.1 Å². The highest BCUT2D eigenvalue weighted by molar-refractivity contribution is 7.91. The van der Waals surface area contributed by atoms with Gasteiger partial charge in [-0.05, 0) is 68.1 Å². The first-order chi connectivity index (χ1) is 18.3. The number of sulfone groups is 1. The largest absolute Gasteiger partial charge is 0.359 e. The van der Waals surface area contributed by atoms with E-state index in [-0.39, 0.29) is 28.7 Å². The predicted octanol–water partition coefficient (Wildman–Crippen LogP) is 4.04. The van der Waals surface area contributed by atoms with E-state index in [2.05, 4.69) is 16.0 Å². The lowest BCUT2D eigenvalue weighted by Crippen LogP contribution is -2.54. The number of carbonyl (C=O) groups is 1. The van der Waals surface area contributed by atoms with Crippen molar-refractivity contribution in [2.75, 3.05) is 42.7 Å². The Morgan fingerprint density at radius 1 is 1.08 bits per heavy atom. The molecule has 204 valence electrons. The second-order valence-electron chi connectivity index (χ2n) is 12.0. The lowest BCUT2D eigenvalue weighted by Gasteiger charge is -2.52. The molecule has 6 rings (SSSR count). The molecule has 1 amide bonds. The zero-order valence-corrected chi connectivity index (χ0v) is 23.4. The van der Waals surface area contributed by atoms with E-state index in [0.717, 1.165) is 56.7 Å². The van der Waals surface area contributed by atoms with Crippen molar-refractivity contribution in [1.82, 2.24) is 9.80 Å². The lowest BCUT2D eigenvalue weighted by molar-refractivity contribution is -0.145. The number of rotatable bonds is 3. The Balaban J connectivity index is 1.09. The molecule has 8 nitrogen and oxygen atoms in total. The summed E-state index contributed by atoms with van der Waals surface area (Å²) in [4.78, 5) is 17.2. The first-order valence-electron chi connectivity index (χ1n) is 14.1.